The molecule has 1 unspecified atom stereocenters. The van der Waals surface area contributed by atoms with Crippen LogP contribution in [0.4, 0.5) is 0 Å². The zero-order chi connectivity index (χ0) is 9.23. The van der Waals surface area contributed by atoms with E-state index in [1.807, 2.05) is 6.92 Å². The zero-order valence-electron chi connectivity index (χ0n) is 8.68. The summed E-state index contributed by atoms with van der Waals surface area (Å²) in [6, 6.07) is 0. The summed E-state index contributed by atoms with van der Waals surface area (Å²) in [7, 11) is 0. The van der Waals surface area contributed by atoms with Crippen LogP contribution in [0.25, 0.3) is 0 Å². The molecular formula is C11H24O. The molecule has 0 bridgehead atoms. The van der Waals surface area contributed by atoms with Gasteiger partial charge in [-0.05, 0) is 13.3 Å². The van der Waals surface area contributed by atoms with Crippen molar-refractivity contribution in [2.75, 3.05) is 0 Å². The normalized spacial score (nSPS) is 19.2. The molecular weight excluding hydrogens is 148 g/mol. The van der Waals surface area contributed by atoms with Gasteiger partial charge in [-0.15, -0.1) is 0 Å². The molecule has 0 amide bonds. The molecule has 0 saturated heterocycles. The van der Waals surface area contributed by atoms with E-state index in [0.29, 0.717) is 0 Å². The molecule has 1 saturated carbocycles. The Morgan fingerprint density at radius 2 is 1.33 bits per heavy atom. The van der Waals surface area contributed by atoms with Crippen LogP contribution in [0.5, 0.6) is 0 Å². The minimum absolute atomic E-state index is 0.102. The van der Waals surface area contributed by atoms with Crippen molar-refractivity contribution in [2.24, 2.45) is 0 Å². The number of aliphatic hydroxyl groups is 1. The third-order valence-corrected chi connectivity index (χ3v) is 2.21. The first-order valence-electron chi connectivity index (χ1n) is 5.45. The van der Waals surface area contributed by atoms with Crippen LogP contribution in [0, 0.1) is 0 Å². The van der Waals surface area contributed by atoms with Crippen LogP contribution < -0.4 is 0 Å². The molecule has 0 aromatic rings. The van der Waals surface area contributed by atoms with Crippen molar-refractivity contribution in [1.82, 2.24) is 0 Å². The number of rotatable bonds is 2. The van der Waals surface area contributed by atoms with Gasteiger partial charge in [-0.3, -0.25) is 0 Å². The highest BCUT2D eigenvalue weighted by molar-refractivity contribution is 4.51. The van der Waals surface area contributed by atoms with Crippen LogP contribution in [0.15, 0.2) is 0 Å². The van der Waals surface area contributed by atoms with Crippen molar-refractivity contribution >= 4 is 0 Å². The average Bonchev–Trinajstić information content (AvgIpc) is 2.08. The van der Waals surface area contributed by atoms with Gasteiger partial charge in [-0.2, -0.15) is 0 Å². The van der Waals surface area contributed by atoms with Gasteiger partial charge in [-0.1, -0.05) is 51.9 Å². The molecule has 0 heterocycles. The van der Waals surface area contributed by atoms with Gasteiger partial charge in [0.05, 0.1) is 6.10 Å². The van der Waals surface area contributed by atoms with Crippen molar-refractivity contribution < 1.29 is 5.11 Å². The van der Waals surface area contributed by atoms with E-state index in [1.54, 1.807) is 0 Å². The molecule has 1 N–H and O–H groups in total. The van der Waals surface area contributed by atoms with Crippen LogP contribution in [-0.2, 0) is 0 Å². The summed E-state index contributed by atoms with van der Waals surface area (Å²) in [6.45, 7) is 3.87. The molecule has 0 aromatic heterocycles. The van der Waals surface area contributed by atoms with Gasteiger partial charge >= 0.3 is 0 Å². The Morgan fingerprint density at radius 1 is 1.00 bits per heavy atom. The Balaban J connectivity index is 0.000000202. The summed E-state index contributed by atoms with van der Waals surface area (Å²) in [5.74, 6) is 0. The first kappa shape index (κ1) is 12.0. The lowest BCUT2D eigenvalue weighted by Gasteiger charge is -2.05. The predicted molar refractivity (Wildman–Crippen MR) is 54.3 cm³/mol. The molecule has 74 valence electrons. The largest absolute Gasteiger partial charge is 0.393 e. The first-order valence-corrected chi connectivity index (χ1v) is 5.45. The van der Waals surface area contributed by atoms with Crippen LogP contribution >= 0.6 is 0 Å². The lowest BCUT2D eigenvalue weighted by molar-refractivity contribution is 0.183. The highest BCUT2D eigenvalue weighted by Gasteiger charge is 1.95. The minimum Gasteiger partial charge on any atom is -0.393 e. The smallest absolute Gasteiger partial charge is 0.0512 e. The molecule has 1 aliphatic rings. The van der Waals surface area contributed by atoms with E-state index in [9.17, 15) is 0 Å². The van der Waals surface area contributed by atoms with Gasteiger partial charge in [-0.25, -0.2) is 0 Å². The Kier molecular flexibility index (Phi) is 9.02. The van der Waals surface area contributed by atoms with E-state index < -0.39 is 0 Å². The van der Waals surface area contributed by atoms with Crippen molar-refractivity contribution in [3.05, 3.63) is 0 Å². The molecule has 12 heavy (non-hydrogen) atoms. The number of hydrogen-bond donors (Lipinski definition) is 1. The molecule has 0 spiro atoms. The van der Waals surface area contributed by atoms with Gasteiger partial charge in [0, 0.05) is 0 Å². The van der Waals surface area contributed by atoms with Crippen molar-refractivity contribution in [1.29, 1.82) is 0 Å². The molecule has 1 heteroatoms. The third-order valence-electron chi connectivity index (χ3n) is 2.21. The van der Waals surface area contributed by atoms with Gasteiger partial charge in [0.15, 0.2) is 0 Å². The Morgan fingerprint density at radius 3 is 1.42 bits per heavy atom. The Hall–Kier alpha value is -0.0400. The van der Waals surface area contributed by atoms with E-state index in [-0.39, 0.29) is 6.10 Å². The molecule has 1 atom stereocenters. The van der Waals surface area contributed by atoms with Crippen LogP contribution in [0.1, 0.15) is 65.2 Å². The molecule has 0 aromatic carbocycles. The van der Waals surface area contributed by atoms with Crippen molar-refractivity contribution in [3.63, 3.8) is 0 Å². The Labute approximate surface area is 77.2 Å². The molecule has 1 aliphatic carbocycles. The monoisotopic (exact) mass is 172 g/mol. The van der Waals surface area contributed by atoms with Crippen LogP contribution in [0.2, 0.25) is 0 Å². The van der Waals surface area contributed by atoms with Crippen molar-refractivity contribution in [2.45, 2.75) is 71.3 Å². The Bertz CT molecular complexity index is 63.6. The average molecular weight is 172 g/mol. The second-order valence-corrected chi connectivity index (χ2v) is 3.76. The summed E-state index contributed by atoms with van der Waals surface area (Å²) in [4.78, 5) is 0. The second kappa shape index (κ2) is 9.05. The summed E-state index contributed by atoms with van der Waals surface area (Å²) in [5, 5.41) is 8.55. The van der Waals surface area contributed by atoms with E-state index >= 15 is 0 Å². The predicted octanol–water partition coefficient (Wildman–Crippen LogP) is 3.51. The number of hydrogen-bond acceptors (Lipinski definition) is 1. The summed E-state index contributed by atoms with van der Waals surface area (Å²) >= 11 is 0. The number of aliphatic hydroxyl groups excluding tert-OH is 1. The molecule has 0 aliphatic heterocycles. The van der Waals surface area contributed by atoms with Gasteiger partial charge in [0.2, 0.25) is 0 Å². The lowest BCUT2D eigenvalue weighted by atomic mass is 10.0. The van der Waals surface area contributed by atoms with Crippen molar-refractivity contribution in [3.8, 4) is 0 Å². The maximum absolute atomic E-state index is 8.55. The second-order valence-electron chi connectivity index (χ2n) is 3.76. The molecule has 1 fully saturated rings. The highest BCUT2D eigenvalue weighted by atomic mass is 16.3. The van der Waals surface area contributed by atoms with Gasteiger partial charge < -0.3 is 5.11 Å². The fraction of sp³-hybridized carbons (Fsp3) is 1.00. The quantitative estimate of drug-likeness (QED) is 0.676. The summed E-state index contributed by atoms with van der Waals surface area (Å²) < 4.78 is 0. The summed E-state index contributed by atoms with van der Waals surface area (Å²) in [6.07, 6.45) is 10.9. The molecule has 1 nitrogen and oxygen atoms in total. The van der Waals surface area contributed by atoms with Gasteiger partial charge in [0.25, 0.3) is 0 Å². The van der Waals surface area contributed by atoms with E-state index in [0.717, 1.165) is 12.8 Å². The van der Waals surface area contributed by atoms with Crippen LogP contribution in [-0.4, -0.2) is 11.2 Å². The van der Waals surface area contributed by atoms with Crippen LogP contribution in [0.3, 0.4) is 0 Å². The molecule has 0 radical (unpaired) electrons. The standard InChI is InChI=1S/C6H12.C5H12O/c1-2-4-6-5-3-1;1-3-4-5(2)6/h1-6H2;5-6H,3-4H2,1-2H3. The molecule has 1 rings (SSSR count). The fourth-order valence-electron chi connectivity index (χ4n) is 1.48. The van der Waals surface area contributed by atoms with E-state index in [4.69, 9.17) is 5.11 Å². The maximum atomic E-state index is 8.55. The lowest BCUT2D eigenvalue weighted by Crippen LogP contribution is -1.95. The maximum Gasteiger partial charge on any atom is 0.0512 e. The van der Waals surface area contributed by atoms with E-state index in [1.165, 1.54) is 38.5 Å². The topological polar surface area (TPSA) is 20.2 Å². The first-order chi connectivity index (χ1) is 5.77. The third kappa shape index (κ3) is 9.96. The minimum atomic E-state index is -0.102. The summed E-state index contributed by atoms with van der Waals surface area (Å²) in [5.41, 5.74) is 0. The SMILES string of the molecule is C1CCCCC1.CCCC(C)O. The fourth-order valence-corrected chi connectivity index (χ4v) is 1.48. The van der Waals surface area contributed by atoms with Gasteiger partial charge in [0.1, 0.15) is 0 Å². The zero-order valence-corrected chi connectivity index (χ0v) is 8.68. The highest BCUT2D eigenvalue weighted by Crippen LogP contribution is 2.15. The van der Waals surface area contributed by atoms with E-state index in [2.05, 4.69) is 6.92 Å².